The molecule has 0 aliphatic heterocycles. The first-order valence-electron chi connectivity index (χ1n) is 6.63. The second kappa shape index (κ2) is 6.70. The van der Waals surface area contributed by atoms with Crippen molar-refractivity contribution in [3.8, 4) is 0 Å². The van der Waals surface area contributed by atoms with Gasteiger partial charge in [-0.2, -0.15) is 0 Å². The fraction of sp³-hybridized carbons (Fsp3) is 0.250. The predicted octanol–water partition coefficient (Wildman–Crippen LogP) is 4.19. The summed E-state index contributed by atoms with van der Waals surface area (Å²) in [4.78, 5) is 12.5. The van der Waals surface area contributed by atoms with Crippen molar-refractivity contribution >= 4 is 17.3 Å². The van der Waals surface area contributed by atoms with Crippen LogP contribution in [0.4, 0.5) is 5.69 Å². The highest BCUT2D eigenvalue weighted by atomic mass is 35.5. The molecule has 0 heterocycles. The number of nitro benzene ring substituents is 1. The van der Waals surface area contributed by atoms with Crippen molar-refractivity contribution < 1.29 is 4.92 Å². The zero-order chi connectivity index (χ0) is 15.4. The number of benzene rings is 2. The minimum Gasteiger partial charge on any atom is -0.298 e. The van der Waals surface area contributed by atoms with E-state index in [0.717, 1.165) is 12.1 Å². The van der Waals surface area contributed by atoms with E-state index in [1.807, 2.05) is 19.2 Å². The Morgan fingerprint density at radius 3 is 2.48 bits per heavy atom. The van der Waals surface area contributed by atoms with Crippen molar-refractivity contribution in [2.24, 2.45) is 0 Å². The summed E-state index contributed by atoms with van der Waals surface area (Å²) in [6.07, 6.45) is 0. The van der Waals surface area contributed by atoms with E-state index in [4.69, 9.17) is 11.6 Å². The molecule has 0 N–H and O–H groups in total. The molecule has 0 aromatic heterocycles. The molecule has 2 rings (SSSR count). The summed E-state index contributed by atoms with van der Waals surface area (Å²) >= 11 is 6.13. The highest BCUT2D eigenvalue weighted by molar-refractivity contribution is 6.31. The summed E-state index contributed by atoms with van der Waals surface area (Å²) in [6.45, 7) is 3.41. The molecule has 0 fully saturated rings. The van der Waals surface area contributed by atoms with Crippen LogP contribution in [0.15, 0.2) is 42.5 Å². The number of rotatable bonds is 5. The highest BCUT2D eigenvalue weighted by Gasteiger charge is 2.12. The molecule has 0 saturated heterocycles. The van der Waals surface area contributed by atoms with Crippen LogP contribution < -0.4 is 0 Å². The van der Waals surface area contributed by atoms with Gasteiger partial charge in [0.05, 0.1) is 4.92 Å². The summed E-state index contributed by atoms with van der Waals surface area (Å²) in [6, 6.07) is 12.7. The lowest BCUT2D eigenvalue weighted by Gasteiger charge is -2.18. The van der Waals surface area contributed by atoms with Gasteiger partial charge in [-0.05, 0) is 36.7 Å². The van der Waals surface area contributed by atoms with Crippen molar-refractivity contribution in [3.63, 3.8) is 0 Å². The van der Waals surface area contributed by atoms with Crippen LogP contribution in [0.5, 0.6) is 0 Å². The molecule has 0 unspecified atom stereocenters. The van der Waals surface area contributed by atoms with Crippen LogP contribution in [0.25, 0.3) is 0 Å². The van der Waals surface area contributed by atoms with Crippen LogP contribution in [-0.4, -0.2) is 16.9 Å². The van der Waals surface area contributed by atoms with E-state index in [1.165, 1.54) is 23.3 Å². The van der Waals surface area contributed by atoms with Gasteiger partial charge in [-0.3, -0.25) is 15.0 Å². The third-order valence-electron chi connectivity index (χ3n) is 3.38. The third kappa shape index (κ3) is 4.03. The number of nitro groups is 1. The van der Waals surface area contributed by atoms with Gasteiger partial charge in [-0.1, -0.05) is 35.9 Å². The van der Waals surface area contributed by atoms with Gasteiger partial charge in [-0.15, -0.1) is 0 Å². The van der Waals surface area contributed by atoms with Gasteiger partial charge in [0.1, 0.15) is 0 Å². The lowest BCUT2D eigenvalue weighted by Crippen LogP contribution is -2.18. The van der Waals surface area contributed by atoms with Gasteiger partial charge in [0, 0.05) is 30.2 Å². The fourth-order valence-corrected chi connectivity index (χ4v) is 2.40. The zero-order valence-electron chi connectivity index (χ0n) is 12.0. The number of hydrogen-bond donors (Lipinski definition) is 0. The molecular weight excluding hydrogens is 288 g/mol. The Morgan fingerprint density at radius 1 is 1.14 bits per heavy atom. The van der Waals surface area contributed by atoms with Crippen molar-refractivity contribution in [2.45, 2.75) is 20.0 Å². The fourth-order valence-electron chi connectivity index (χ4n) is 2.22. The molecule has 0 aliphatic rings. The Morgan fingerprint density at radius 2 is 1.81 bits per heavy atom. The van der Waals surface area contributed by atoms with Crippen LogP contribution in [0.3, 0.4) is 0 Å². The molecule has 2 aromatic rings. The molecule has 110 valence electrons. The normalized spacial score (nSPS) is 10.9. The van der Waals surface area contributed by atoms with Gasteiger partial charge in [0.2, 0.25) is 0 Å². The predicted molar refractivity (Wildman–Crippen MR) is 84.5 cm³/mol. The van der Waals surface area contributed by atoms with Crippen LogP contribution in [0, 0.1) is 17.0 Å². The van der Waals surface area contributed by atoms with Crippen LogP contribution >= 0.6 is 11.6 Å². The van der Waals surface area contributed by atoms with E-state index in [-0.39, 0.29) is 5.69 Å². The van der Waals surface area contributed by atoms with Gasteiger partial charge < -0.3 is 0 Å². The summed E-state index contributed by atoms with van der Waals surface area (Å²) in [5, 5.41) is 11.4. The van der Waals surface area contributed by atoms with Gasteiger partial charge in [-0.25, -0.2) is 0 Å². The first-order valence-corrected chi connectivity index (χ1v) is 7.01. The molecular formula is C16H17ClN2O2. The van der Waals surface area contributed by atoms with E-state index in [0.29, 0.717) is 11.6 Å². The zero-order valence-corrected chi connectivity index (χ0v) is 12.8. The van der Waals surface area contributed by atoms with Gasteiger partial charge in [0.25, 0.3) is 5.69 Å². The van der Waals surface area contributed by atoms with Gasteiger partial charge >= 0.3 is 0 Å². The lowest BCUT2D eigenvalue weighted by atomic mass is 10.1. The monoisotopic (exact) mass is 304 g/mol. The Hall–Kier alpha value is -1.91. The topological polar surface area (TPSA) is 46.4 Å². The van der Waals surface area contributed by atoms with E-state index in [9.17, 15) is 10.1 Å². The molecule has 0 spiro atoms. The maximum Gasteiger partial charge on any atom is 0.269 e. The second-order valence-electron chi connectivity index (χ2n) is 5.13. The van der Waals surface area contributed by atoms with Crippen LogP contribution in [0.2, 0.25) is 5.02 Å². The smallest absolute Gasteiger partial charge is 0.269 e. The minimum absolute atomic E-state index is 0.0682. The molecule has 0 amide bonds. The number of halogens is 1. The number of nitrogens with zero attached hydrogens (tertiary/aromatic N) is 2. The quantitative estimate of drug-likeness (QED) is 0.614. The molecule has 0 atom stereocenters. The summed E-state index contributed by atoms with van der Waals surface area (Å²) in [5.74, 6) is 0. The first kappa shape index (κ1) is 15.5. The van der Waals surface area contributed by atoms with E-state index in [1.54, 1.807) is 6.07 Å². The number of non-ortho nitro benzene ring substituents is 1. The molecule has 5 heteroatoms. The molecule has 0 bridgehead atoms. The second-order valence-corrected chi connectivity index (χ2v) is 5.54. The summed E-state index contributed by atoms with van der Waals surface area (Å²) in [5.41, 5.74) is 3.30. The molecule has 0 radical (unpaired) electrons. The summed E-state index contributed by atoms with van der Waals surface area (Å²) in [7, 11) is 1.97. The Labute approximate surface area is 129 Å². The first-order chi connectivity index (χ1) is 9.97. The molecule has 4 nitrogen and oxygen atoms in total. The van der Waals surface area contributed by atoms with Crippen molar-refractivity contribution in [1.82, 2.24) is 4.90 Å². The molecule has 0 saturated carbocycles. The summed E-state index contributed by atoms with van der Waals surface area (Å²) < 4.78 is 0. The van der Waals surface area contributed by atoms with E-state index in [2.05, 4.69) is 24.0 Å². The van der Waals surface area contributed by atoms with E-state index < -0.39 is 4.92 Å². The standard InChI is InChI=1S/C16H17ClN2O2/c1-12-5-3-4-6-13(12)10-18(2)11-14-9-15(19(20)21)7-8-16(14)17/h3-9H,10-11H2,1-2H3. The Bertz CT molecular complexity index is 658. The Kier molecular flexibility index (Phi) is 4.94. The van der Waals surface area contributed by atoms with Crippen LogP contribution in [0.1, 0.15) is 16.7 Å². The highest BCUT2D eigenvalue weighted by Crippen LogP contribution is 2.23. The SMILES string of the molecule is Cc1ccccc1CN(C)Cc1cc([N+](=O)[O-])ccc1Cl. The average molecular weight is 305 g/mol. The maximum absolute atomic E-state index is 10.8. The van der Waals surface area contributed by atoms with Gasteiger partial charge in [0.15, 0.2) is 0 Å². The van der Waals surface area contributed by atoms with Crippen LogP contribution in [-0.2, 0) is 13.1 Å². The Balaban J connectivity index is 2.12. The average Bonchev–Trinajstić information content (AvgIpc) is 2.43. The van der Waals surface area contributed by atoms with Crippen molar-refractivity contribution in [2.75, 3.05) is 7.05 Å². The number of aryl methyl sites for hydroxylation is 1. The lowest BCUT2D eigenvalue weighted by molar-refractivity contribution is -0.384. The van der Waals surface area contributed by atoms with E-state index >= 15 is 0 Å². The molecule has 2 aromatic carbocycles. The molecule has 21 heavy (non-hydrogen) atoms. The minimum atomic E-state index is -0.402. The van der Waals surface area contributed by atoms with Crippen molar-refractivity contribution in [1.29, 1.82) is 0 Å². The molecule has 0 aliphatic carbocycles. The largest absolute Gasteiger partial charge is 0.298 e. The number of hydrogen-bond acceptors (Lipinski definition) is 3. The van der Waals surface area contributed by atoms with Crippen molar-refractivity contribution in [3.05, 3.63) is 74.3 Å². The third-order valence-corrected chi connectivity index (χ3v) is 3.75. The maximum atomic E-state index is 10.8.